The minimum Gasteiger partial charge on any atom is -0.411 e. The van der Waals surface area contributed by atoms with Crippen LogP contribution in [-0.2, 0) is 11.5 Å². The van der Waals surface area contributed by atoms with Crippen molar-refractivity contribution in [3.63, 3.8) is 0 Å². The first kappa shape index (κ1) is 20.5. The summed E-state index contributed by atoms with van der Waals surface area (Å²) < 4.78 is 11.6. The molecule has 5 rings (SSSR count). The Kier molecular flexibility index (Phi) is 6.32. The van der Waals surface area contributed by atoms with Gasteiger partial charge in [-0.2, -0.15) is 0 Å². The van der Waals surface area contributed by atoms with E-state index in [-0.39, 0.29) is 0 Å². The second-order valence-corrected chi connectivity index (χ2v) is 8.68. The highest BCUT2D eigenvalue weighted by molar-refractivity contribution is 7.98. The van der Waals surface area contributed by atoms with E-state index in [2.05, 4.69) is 32.5 Å². The maximum Gasteiger partial charge on any atom is 0.277 e. The van der Waals surface area contributed by atoms with E-state index in [9.17, 15) is 0 Å². The summed E-state index contributed by atoms with van der Waals surface area (Å²) in [5.74, 6) is 2.52. The van der Waals surface area contributed by atoms with Crippen LogP contribution in [-0.4, -0.2) is 20.4 Å². The Morgan fingerprint density at radius 2 is 0.906 bits per heavy atom. The third-order valence-electron chi connectivity index (χ3n) is 4.68. The summed E-state index contributed by atoms with van der Waals surface area (Å²) in [5.41, 5.74) is 4.23. The van der Waals surface area contributed by atoms with Gasteiger partial charge in [0.1, 0.15) is 0 Å². The second-order valence-electron chi connectivity index (χ2n) is 6.82. The van der Waals surface area contributed by atoms with Crippen LogP contribution in [0.3, 0.4) is 0 Å². The molecule has 0 saturated heterocycles. The van der Waals surface area contributed by atoms with Crippen LogP contribution in [0.15, 0.2) is 104 Å². The van der Waals surface area contributed by atoms with Gasteiger partial charge in [0.15, 0.2) is 0 Å². The van der Waals surface area contributed by atoms with Gasteiger partial charge >= 0.3 is 0 Å². The van der Waals surface area contributed by atoms with E-state index in [0.29, 0.717) is 22.2 Å². The van der Waals surface area contributed by atoms with Crippen molar-refractivity contribution in [2.24, 2.45) is 0 Å². The lowest BCUT2D eigenvalue weighted by atomic mass is 10.1. The lowest BCUT2D eigenvalue weighted by Gasteiger charge is -2.06. The Morgan fingerprint density at radius 1 is 0.500 bits per heavy atom. The zero-order valence-electron chi connectivity index (χ0n) is 16.9. The summed E-state index contributed by atoms with van der Waals surface area (Å²) in [7, 11) is 0. The summed E-state index contributed by atoms with van der Waals surface area (Å²) in [6.45, 7) is 0. The van der Waals surface area contributed by atoms with Crippen LogP contribution in [0.25, 0.3) is 22.9 Å². The van der Waals surface area contributed by atoms with Crippen molar-refractivity contribution in [1.29, 1.82) is 0 Å². The summed E-state index contributed by atoms with van der Waals surface area (Å²) >= 11 is 3.05. The average Bonchev–Trinajstić information content (AvgIpc) is 3.53. The van der Waals surface area contributed by atoms with Crippen molar-refractivity contribution in [2.75, 3.05) is 0 Å². The van der Waals surface area contributed by atoms with Gasteiger partial charge in [-0.05, 0) is 35.4 Å². The topological polar surface area (TPSA) is 77.8 Å². The van der Waals surface area contributed by atoms with Gasteiger partial charge in [0.05, 0.1) is 0 Å². The average molecular weight is 459 g/mol. The molecule has 0 amide bonds. The molecule has 8 heteroatoms. The Morgan fingerprint density at radius 3 is 1.34 bits per heavy atom. The van der Waals surface area contributed by atoms with Crippen molar-refractivity contribution < 1.29 is 8.83 Å². The van der Waals surface area contributed by atoms with Crippen LogP contribution in [0.5, 0.6) is 0 Å². The minimum absolute atomic E-state index is 0.530. The molecule has 0 bridgehead atoms. The third kappa shape index (κ3) is 4.92. The maximum atomic E-state index is 5.81. The highest BCUT2D eigenvalue weighted by Crippen LogP contribution is 2.30. The van der Waals surface area contributed by atoms with E-state index >= 15 is 0 Å². The molecule has 0 aliphatic rings. The van der Waals surface area contributed by atoms with Crippen LogP contribution >= 0.6 is 23.5 Å². The molecule has 0 unspecified atom stereocenters. The molecule has 2 heterocycles. The largest absolute Gasteiger partial charge is 0.411 e. The molecule has 0 spiro atoms. The van der Waals surface area contributed by atoms with E-state index in [1.165, 1.54) is 34.7 Å². The van der Waals surface area contributed by atoms with Crippen LogP contribution < -0.4 is 0 Å². The number of aromatic nitrogens is 4. The maximum absolute atomic E-state index is 5.81. The molecule has 6 nitrogen and oxygen atoms in total. The molecular weight excluding hydrogens is 440 g/mol. The summed E-state index contributed by atoms with van der Waals surface area (Å²) in [4.78, 5) is 0. The highest BCUT2D eigenvalue weighted by Gasteiger charge is 2.12. The fourth-order valence-corrected chi connectivity index (χ4v) is 4.64. The van der Waals surface area contributed by atoms with Gasteiger partial charge in [-0.1, -0.05) is 84.2 Å². The van der Waals surface area contributed by atoms with Gasteiger partial charge in [0.2, 0.25) is 11.8 Å². The first-order valence-corrected chi connectivity index (χ1v) is 11.9. The van der Waals surface area contributed by atoms with E-state index in [0.717, 1.165) is 22.6 Å². The van der Waals surface area contributed by atoms with E-state index in [4.69, 9.17) is 8.83 Å². The first-order valence-electron chi connectivity index (χ1n) is 9.95. The highest BCUT2D eigenvalue weighted by atomic mass is 32.2. The van der Waals surface area contributed by atoms with Crippen molar-refractivity contribution in [3.8, 4) is 22.9 Å². The van der Waals surface area contributed by atoms with Crippen LogP contribution in [0.4, 0.5) is 0 Å². The predicted octanol–water partition coefficient (Wildman–Crippen LogP) is 6.37. The van der Waals surface area contributed by atoms with Crippen LogP contribution in [0.1, 0.15) is 11.1 Å². The van der Waals surface area contributed by atoms with Gasteiger partial charge < -0.3 is 8.83 Å². The molecule has 0 aliphatic carbocycles. The fourth-order valence-electron chi connectivity index (χ4n) is 3.05. The van der Waals surface area contributed by atoms with Gasteiger partial charge in [0, 0.05) is 22.6 Å². The van der Waals surface area contributed by atoms with Gasteiger partial charge in [-0.3, -0.25) is 0 Å². The minimum atomic E-state index is 0.530. The number of hydrogen-bond acceptors (Lipinski definition) is 8. The van der Waals surface area contributed by atoms with E-state index < -0.39 is 0 Å². The van der Waals surface area contributed by atoms with Gasteiger partial charge in [-0.25, -0.2) is 0 Å². The Hall–Kier alpha value is -3.36. The molecule has 0 aliphatic heterocycles. The first-order chi connectivity index (χ1) is 15.8. The molecule has 158 valence electrons. The quantitative estimate of drug-likeness (QED) is 0.248. The number of thioether (sulfide) groups is 2. The molecule has 32 heavy (non-hydrogen) atoms. The van der Waals surface area contributed by atoms with Gasteiger partial charge in [-0.15, -0.1) is 20.4 Å². The zero-order valence-corrected chi connectivity index (χ0v) is 18.6. The molecule has 5 aromatic rings. The molecule has 0 fully saturated rings. The Labute approximate surface area is 193 Å². The summed E-state index contributed by atoms with van der Waals surface area (Å²) in [6, 6.07) is 27.8. The van der Waals surface area contributed by atoms with Crippen molar-refractivity contribution >= 4 is 23.5 Å². The van der Waals surface area contributed by atoms with Crippen molar-refractivity contribution in [3.05, 3.63) is 96.1 Å². The Bertz CT molecular complexity index is 1190. The number of rotatable bonds is 8. The molecule has 0 atom stereocenters. The molecule has 0 saturated carbocycles. The lowest BCUT2D eigenvalue weighted by Crippen LogP contribution is -1.90. The molecule has 0 radical (unpaired) electrons. The third-order valence-corrected chi connectivity index (χ3v) is 6.41. The summed E-state index contributed by atoms with van der Waals surface area (Å²) in [6.07, 6.45) is 0. The predicted molar refractivity (Wildman–Crippen MR) is 125 cm³/mol. The smallest absolute Gasteiger partial charge is 0.277 e. The number of benzene rings is 3. The second kappa shape index (κ2) is 9.84. The zero-order chi connectivity index (χ0) is 21.6. The van der Waals surface area contributed by atoms with E-state index in [1.807, 2.05) is 72.8 Å². The van der Waals surface area contributed by atoms with Gasteiger partial charge in [0.25, 0.3) is 10.4 Å². The van der Waals surface area contributed by atoms with Crippen LogP contribution in [0, 0.1) is 0 Å². The summed E-state index contributed by atoms with van der Waals surface area (Å²) in [5, 5.41) is 17.8. The van der Waals surface area contributed by atoms with Crippen molar-refractivity contribution in [1.82, 2.24) is 20.4 Å². The standard InChI is InChI=1S/C24H18N4O2S2/c1-3-9-17(10-4-1)21-25-27-23(29-21)31-15-19-13-7-8-14-20(19)16-32-24-28-26-22(30-24)18-11-5-2-6-12-18/h1-14H,15-16H2. The molecular formula is C24H18N4O2S2. The SMILES string of the molecule is c1ccc(-c2nnc(SCc3ccccc3CSc3nnc(-c4ccccc4)o3)o2)cc1. The molecule has 0 N–H and O–H groups in total. The normalized spacial score (nSPS) is 11.0. The van der Waals surface area contributed by atoms with Crippen LogP contribution in [0.2, 0.25) is 0 Å². The molecule has 3 aromatic carbocycles. The monoisotopic (exact) mass is 458 g/mol. The lowest BCUT2D eigenvalue weighted by molar-refractivity contribution is 0.465. The number of nitrogens with zero attached hydrogens (tertiary/aromatic N) is 4. The number of hydrogen-bond donors (Lipinski definition) is 0. The van der Waals surface area contributed by atoms with E-state index in [1.54, 1.807) is 0 Å². The Balaban J connectivity index is 1.22. The van der Waals surface area contributed by atoms with Crippen molar-refractivity contribution in [2.45, 2.75) is 22.0 Å². The molecule has 2 aromatic heterocycles. The fraction of sp³-hybridized carbons (Fsp3) is 0.0833.